The van der Waals surface area contributed by atoms with Crippen molar-refractivity contribution < 1.29 is 4.84 Å². The molecule has 4 rings (SSSR count). The lowest BCUT2D eigenvalue weighted by atomic mass is 9.87. The monoisotopic (exact) mass is 419 g/mol. The predicted molar refractivity (Wildman–Crippen MR) is 120 cm³/mol. The Balaban J connectivity index is 1.36. The molecule has 2 heterocycles. The van der Waals surface area contributed by atoms with Gasteiger partial charge >= 0.3 is 0 Å². The summed E-state index contributed by atoms with van der Waals surface area (Å²) in [6, 6.07) is 15.7. The van der Waals surface area contributed by atoms with E-state index in [1.54, 1.807) is 11.7 Å². The normalized spacial score (nSPS) is 15.1. The Morgan fingerprint density at radius 3 is 2.71 bits per heavy atom. The highest BCUT2D eigenvalue weighted by atomic mass is 16.6. The Morgan fingerprint density at radius 1 is 1.10 bits per heavy atom. The second-order valence-corrected chi connectivity index (χ2v) is 7.94. The minimum absolute atomic E-state index is 0.264. The molecular formula is C23H29N7O. The zero-order valence-electron chi connectivity index (χ0n) is 17.9. The van der Waals surface area contributed by atoms with Crippen molar-refractivity contribution in [3.05, 3.63) is 65.6 Å². The summed E-state index contributed by atoms with van der Waals surface area (Å²) < 4.78 is 1.57. The molecule has 31 heavy (non-hydrogen) atoms. The van der Waals surface area contributed by atoms with Crippen molar-refractivity contribution >= 4 is 11.5 Å². The van der Waals surface area contributed by atoms with Gasteiger partial charge in [0.05, 0.1) is 5.69 Å². The van der Waals surface area contributed by atoms with Crippen LogP contribution in [0.4, 0.5) is 5.82 Å². The van der Waals surface area contributed by atoms with E-state index in [9.17, 15) is 0 Å². The Morgan fingerprint density at radius 2 is 1.94 bits per heavy atom. The number of rotatable bonds is 9. The van der Waals surface area contributed by atoms with Crippen molar-refractivity contribution in [1.82, 2.24) is 25.2 Å². The fraction of sp³-hybridized carbons (Fsp3) is 0.435. The van der Waals surface area contributed by atoms with Crippen LogP contribution in [0.5, 0.6) is 0 Å². The summed E-state index contributed by atoms with van der Waals surface area (Å²) in [5.41, 5.74) is 2.27. The molecule has 162 valence electrons. The molecule has 0 spiro atoms. The first kappa shape index (κ1) is 21.0. The van der Waals surface area contributed by atoms with Gasteiger partial charge in [-0.1, -0.05) is 73.7 Å². The van der Waals surface area contributed by atoms with E-state index in [2.05, 4.69) is 31.0 Å². The highest BCUT2D eigenvalue weighted by Crippen LogP contribution is 2.26. The summed E-state index contributed by atoms with van der Waals surface area (Å²) in [4.78, 5) is 10.3. The fourth-order valence-electron chi connectivity index (χ4n) is 3.95. The number of aryl methyl sites for hydroxylation is 1. The molecule has 0 aliphatic heterocycles. The Hall–Kier alpha value is -3.29. The number of oxime groups is 1. The van der Waals surface area contributed by atoms with Crippen LogP contribution in [0.3, 0.4) is 0 Å². The van der Waals surface area contributed by atoms with E-state index in [-0.39, 0.29) is 6.61 Å². The van der Waals surface area contributed by atoms with Gasteiger partial charge in [0, 0.05) is 19.2 Å². The van der Waals surface area contributed by atoms with Crippen molar-refractivity contribution in [3.63, 3.8) is 0 Å². The third-order valence-electron chi connectivity index (χ3n) is 5.64. The summed E-state index contributed by atoms with van der Waals surface area (Å²) in [7, 11) is 1.78. The molecule has 8 nitrogen and oxygen atoms in total. The van der Waals surface area contributed by atoms with Gasteiger partial charge < -0.3 is 10.2 Å². The first-order valence-corrected chi connectivity index (χ1v) is 11.0. The van der Waals surface area contributed by atoms with E-state index in [4.69, 9.17) is 4.84 Å². The second-order valence-electron chi connectivity index (χ2n) is 7.94. The second kappa shape index (κ2) is 10.7. The van der Waals surface area contributed by atoms with Gasteiger partial charge in [0.1, 0.15) is 5.82 Å². The molecule has 0 atom stereocenters. The largest absolute Gasteiger partial charge is 0.389 e. The van der Waals surface area contributed by atoms with Crippen LogP contribution in [-0.2, 0) is 18.5 Å². The number of benzene rings is 1. The van der Waals surface area contributed by atoms with Gasteiger partial charge in [0.25, 0.3) is 0 Å². The van der Waals surface area contributed by atoms with Gasteiger partial charge in [-0.05, 0) is 34.9 Å². The summed E-state index contributed by atoms with van der Waals surface area (Å²) in [5.74, 6) is 2.27. The maximum atomic E-state index is 5.66. The number of pyridine rings is 1. The number of hydrogen-bond donors (Lipinski definition) is 1. The third-order valence-corrected chi connectivity index (χ3v) is 5.64. The first-order valence-electron chi connectivity index (χ1n) is 11.0. The zero-order valence-corrected chi connectivity index (χ0v) is 17.9. The van der Waals surface area contributed by atoms with Crippen LogP contribution in [0.25, 0.3) is 0 Å². The molecule has 0 bridgehead atoms. The smallest absolute Gasteiger partial charge is 0.204 e. The van der Waals surface area contributed by atoms with Crippen molar-refractivity contribution in [2.75, 3.05) is 11.9 Å². The minimum atomic E-state index is 0.264. The number of nitrogens with zero attached hydrogens (tertiary/aromatic N) is 6. The summed E-state index contributed by atoms with van der Waals surface area (Å²) >= 11 is 0. The van der Waals surface area contributed by atoms with Crippen molar-refractivity contribution in [3.8, 4) is 0 Å². The molecule has 1 fully saturated rings. The van der Waals surface area contributed by atoms with Crippen LogP contribution in [0.15, 0.2) is 53.7 Å². The molecule has 8 heteroatoms. The highest BCUT2D eigenvalue weighted by Gasteiger charge is 2.15. The predicted octanol–water partition coefficient (Wildman–Crippen LogP) is 3.96. The molecule has 1 aliphatic rings. The SMILES string of the molecule is Cn1nnnc1C(=NOCc1cccc(NCCC2CCCCC2)n1)c1ccccc1. The Bertz CT molecular complexity index is 980. The van der Waals surface area contributed by atoms with E-state index in [1.165, 1.54) is 38.5 Å². The van der Waals surface area contributed by atoms with Crippen LogP contribution >= 0.6 is 0 Å². The summed E-state index contributed by atoms with van der Waals surface area (Å²) in [5, 5.41) is 19.5. The van der Waals surface area contributed by atoms with Gasteiger partial charge in [-0.25, -0.2) is 9.67 Å². The van der Waals surface area contributed by atoms with Crippen molar-refractivity contribution in [2.45, 2.75) is 45.1 Å². The van der Waals surface area contributed by atoms with Gasteiger partial charge in [-0.15, -0.1) is 5.10 Å². The summed E-state index contributed by atoms with van der Waals surface area (Å²) in [6.07, 6.45) is 8.10. The van der Waals surface area contributed by atoms with Crippen LogP contribution in [0.1, 0.15) is 55.6 Å². The molecule has 0 unspecified atom stereocenters. The van der Waals surface area contributed by atoms with E-state index in [0.29, 0.717) is 11.5 Å². The quantitative estimate of drug-likeness (QED) is 0.417. The molecule has 1 N–H and O–H groups in total. The van der Waals surface area contributed by atoms with E-state index in [0.717, 1.165) is 29.5 Å². The lowest BCUT2D eigenvalue weighted by Crippen LogP contribution is -2.13. The number of tetrazole rings is 1. The van der Waals surface area contributed by atoms with E-state index < -0.39 is 0 Å². The van der Waals surface area contributed by atoms with Crippen molar-refractivity contribution in [1.29, 1.82) is 0 Å². The summed E-state index contributed by atoms with van der Waals surface area (Å²) in [6.45, 7) is 1.22. The van der Waals surface area contributed by atoms with E-state index in [1.807, 2.05) is 48.5 Å². The molecule has 0 amide bonds. The maximum absolute atomic E-state index is 5.66. The average Bonchev–Trinajstić information content (AvgIpc) is 3.24. The third kappa shape index (κ3) is 5.87. The topological polar surface area (TPSA) is 90.1 Å². The van der Waals surface area contributed by atoms with Crippen LogP contribution in [0, 0.1) is 5.92 Å². The van der Waals surface area contributed by atoms with Crippen LogP contribution in [-0.4, -0.2) is 37.4 Å². The molecule has 3 aromatic rings. The average molecular weight is 420 g/mol. The van der Waals surface area contributed by atoms with Gasteiger partial charge in [0.2, 0.25) is 5.82 Å². The number of hydrogen-bond acceptors (Lipinski definition) is 7. The van der Waals surface area contributed by atoms with Crippen molar-refractivity contribution in [2.24, 2.45) is 18.1 Å². The molecule has 0 radical (unpaired) electrons. The molecule has 1 aliphatic carbocycles. The number of nitrogens with one attached hydrogen (secondary N) is 1. The van der Waals surface area contributed by atoms with Gasteiger partial charge in [0.15, 0.2) is 12.3 Å². The Labute approximate surface area is 182 Å². The standard InChI is InChI=1S/C23H29N7O/c1-30-23(26-28-29-30)22(19-11-6-3-7-12-19)27-31-17-20-13-8-14-21(25-20)24-16-15-18-9-4-2-5-10-18/h3,6-8,11-14,18H,2,4-5,9-10,15-17H2,1H3,(H,24,25). The van der Waals surface area contributed by atoms with Gasteiger partial charge in [-0.2, -0.15) is 0 Å². The minimum Gasteiger partial charge on any atom is -0.389 e. The highest BCUT2D eigenvalue weighted by molar-refractivity contribution is 6.10. The molecule has 2 aromatic heterocycles. The first-order chi connectivity index (χ1) is 15.3. The van der Waals surface area contributed by atoms with E-state index >= 15 is 0 Å². The number of aromatic nitrogens is 5. The number of anilines is 1. The van der Waals surface area contributed by atoms with Gasteiger partial charge in [-0.3, -0.25) is 0 Å². The fourth-order valence-corrected chi connectivity index (χ4v) is 3.95. The molecule has 1 aromatic carbocycles. The lowest BCUT2D eigenvalue weighted by molar-refractivity contribution is 0.128. The molecule has 1 saturated carbocycles. The zero-order chi connectivity index (χ0) is 21.3. The Kier molecular flexibility index (Phi) is 7.20. The van der Waals surface area contributed by atoms with Crippen LogP contribution in [0.2, 0.25) is 0 Å². The maximum Gasteiger partial charge on any atom is 0.204 e. The van der Waals surface area contributed by atoms with Crippen LogP contribution < -0.4 is 5.32 Å². The lowest BCUT2D eigenvalue weighted by Gasteiger charge is -2.21. The molecular weight excluding hydrogens is 390 g/mol. The molecule has 0 saturated heterocycles.